The van der Waals surface area contributed by atoms with Gasteiger partial charge >= 0.3 is 0 Å². The number of pyridine rings is 1. The van der Waals surface area contributed by atoms with Gasteiger partial charge in [0.1, 0.15) is 0 Å². The van der Waals surface area contributed by atoms with Crippen molar-refractivity contribution >= 4 is 0 Å². The molecule has 1 aliphatic rings. The van der Waals surface area contributed by atoms with Crippen molar-refractivity contribution in [1.29, 1.82) is 0 Å². The number of rotatable bonds is 6. The van der Waals surface area contributed by atoms with Crippen molar-refractivity contribution in [2.45, 2.75) is 52.9 Å². The second-order valence-corrected chi connectivity index (χ2v) is 7.12. The smallest absolute Gasteiger partial charge is 0.0416 e. The van der Waals surface area contributed by atoms with E-state index in [0.717, 1.165) is 19.5 Å². The van der Waals surface area contributed by atoms with E-state index in [1.54, 1.807) is 11.1 Å². The highest BCUT2D eigenvalue weighted by Crippen LogP contribution is 2.41. The highest BCUT2D eigenvalue weighted by molar-refractivity contribution is 5.22. The summed E-state index contributed by atoms with van der Waals surface area (Å²) in [6, 6.07) is 6.17. The highest BCUT2D eigenvalue weighted by atomic mass is 15.1. The lowest BCUT2D eigenvalue weighted by Gasteiger charge is -2.35. The maximum atomic E-state index is 4.40. The van der Waals surface area contributed by atoms with Gasteiger partial charge in [0.05, 0.1) is 0 Å². The first-order chi connectivity index (χ1) is 9.99. The quantitative estimate of drug-likeness (QED) is 0.717. The summed E-state index contributed by atoms with van der Waals surface area (Å²) in [6.07, 6.45) is 8.15. The molecule has 0 spiro atoms. The van der Waals surface area contributed by atoms with E-state index in [0.29, 0.717) is 5.41 Å². The second kappa shape index (κ2) is 7.22. The van der Waals surface area contributed by atoms with E-state index >= 15 is 0 Å². The molecule has 2 heteroatoms. The number of allylic oxidation sites excluding steroid dienone is 1. The van der Waals surface area contributed by atoms with Gasteiger partial charge in [-0.15, -0.1) is 0 Å². The van der Waals surface area contributed by atoms with Crippen molar-refractivity contribution < 1.29 is 0 Å². The molecule has 0 N–H and O–H groups in total. The van der Waals surface area contributed by atoms with E-state index in [1.807, 2.05) is 12.3 Å². The fourth-order valence-electron chi connectivity index (χ4n) is 3.49. The molecule has 0 saturated carbocycles. The standard InChI is InChI=1S/C19H30N2/c1-16-8-7-12-19(2,3)18(16)11-15-21(4)14-10-17-9-5-6-13-20-17/h5-6,9,13H,7-8,10-12,14-15H2,1-4H3. The Balaban J connectivity index is 1.82. The molecule has 2 nitrogen and oxygen atoms in total. The Labute approximate surface area is 130 Å². The molecule has 1 aliphatic carbocycles. The average Bonchev–Trinajstić information content (AvgIpc) is 2.45. The van der Waals surface area contributed by atoms with Crippen LogP contribution in [0.4, 0.5) is 0 Å². The minimum atomic E-state index is 0.407. The zero-order chi connectivity index (χ0) is 15.3. The van der Waals surface area contributed by atoms with E-state index < -0.39 is 0 Å². The summed E-state index contributed by atoms with van der Waals surface area (Å²) >= 11 is 0. The van der Waals surface area contributed by atoms with Gasteiger partial charge in [-0.25, -0.2) is 0 Å². The Hall–Kier alpha value is -1.15. The van der Waals surface area contributed by atoms with Gasteiger partial charge in [-0.2, -0.15) is 0 Å². The van der Waals surface area contributed by atoms with Crippen LogP contribution in [-0.2, 0) is 6.42 Å². The summed E-state index contributed by atoms with van der Waals surface area (Å²) in [7, 11) is 2.23. The maximum Gasteiger partial charge on any atom is 0.0416 e. The molecule has 2 rings (SSSR count). The van der Waals surface area contributed by atoms with Crippen molar-refractivity contribution in [3.8, 4) is 0 Å². The number of hydrogen-bond donors (Lipinski definition) is 0. The van der Waals surface area contributed by atoms with Gasteiger partial charge in [-0.1, -0.05) is 31.1 Å². The van der Waals surface area contributed by atoms with Gasteiger partial charge in [-0.3, -0.25) is 4.98 Å². The van der Waals surface area contributed by atoms with Gasteiger partial charge in [0.15, 0.2) is 0 Å². The summed E-state index contributed by atoms with van der Waals surface area (Å²) in [5, 5.41) is 0. The number of likely N-dealkylation sites (N-methyl/N-ethyl adjacent to an activating group) is 1. The van der Waals surface area contributed by atoms with Gasteiger partial charge in [0.25, 0.3) is 0 Å². The molecule has 0 fully saturated rings. The molecule has 0 aromatic carbocycles. The summed E-state index contributed by atoms with van der Waals surface area (Å²) in [5.74, 6) is 0. The predicted octanol–water partition coefficient (Wildman–Crippen LogP) is 4.47. The summed E-state index contributed by atoms with van der Waals surface area (Å²) in [5.41, 5.74) is 4.95. The number of nitrogens with zero attached hydrogens (tertiary/aromatic N) is 2. The van der Waals surface area contributed by atoms with E-state index in [9.17, 15) is 0 Å². The van der Waals surface area contributed by atoms with Crippen molar-refractivity contribution in [2.24, 2.45) is 5.41 Å². The molecule has 1 aromatic heterocycles. The summed E-state index contributed by atoms with van der Waals surface area (Å²) in [4.78, 5) is 6.84. The van der Waals surface area contributed by atoms with Crippen molar-refractivity contribution in [3.63, 3.8) is 0 Å². The van der Waals surface area contributed by atoms with Crippen molar-refractivity contribution in [1.82, 2.24) is 9.88 Å². The lowest BCUT2D eigenvalue weighted by molar-refractivity contribution is 0.306. The van der Waals surface area contributed by atoms with Gasteiger partial charge in [-0.05, 0) is 57.2 Å². The average molecular weight is 286 g/mol. The van der Waals surface area contributed by atoms with Crippen LogP contribution < -0.4 is 0 Å². The lowest BCUT2D eigenvalue weighted by atomic mass is 9.71. The molecule has 116 valence electrons. The van der Waals surface area contributed by atoms with E-state index in [1.165, 1.54) is 31.4 Å². The first-order valence-corrected chi connectivity index (χ1v) is 8.26. The third-order valence-electron chi connectivity index (χ3n) is 4.90. The Morgan fingerprint density at radius 3 is 2.62 bits per heavy atom. The molecule has 1 heterocycles. The molecule has 0 atom stereocenters. The number of aromatic nitrogens is 1. The topological polar surface area (TPSA) is 16.1 Å². The van der Waals surface area contributed by atoms with Crippen LogP contribution in [0.5, 0.6) is 0 Å². The summed E-state index contributed by atoms with van der Waals surface area (Å²) in [6.45, 7) is 9.41. The fraction of sp³-hybridized carbons (Fsp3) is 0.632. The van der Waals surface area contributed by atoms with Crippen LogP contribution in [0.25, 0.3) is 0 Å². The zero-order valence-corrected chi connectivity index (χ0v) is 14.2. The van der Waals surface area contributed by atoms with Crippen LogP contribution in [0.2, 0.25) is 0 Å². The SMILES string of the molecule is CC1=C(CCN(C)CCc2ccccn2)C(C)(C)CCC1. The van der Waals surface area contributed by atoms with Gasteiger partial charge in [0.2, 0.25) is 0 Å². The van der Waals surface area contributed by atoms with E-state index in [2.05, 4.69) is 49.8 Å². The Kier molecular flexibility index (Phi) is 5.58. The van der Waals surface area contributed by atoms with E-state index in [-0.39, 0.29) is 0 Å². The third-order valence-corrected chi connectivity index (χ3v) is 4.90. The fourth-order valence-corrected chi connectivity index (χ4v) is 3.49. The monoisotopic (exact) mass is 286 g/mol. The second-order valence-electron chi connectivity index (χ2n) is 7.12. The Morgan fingerprint density at radius 1 is 1.19 bits per heavy atom. The Bertz CT molecular complexity index is 474. The first-order valence-electron chi connectivity index (χ1n) is 8.26. The zero-order valence-electron chi connectivity index (χ0n) is 14.2. The molecule has 0 aliphatic heterocycles. The van der Waals surface area contributed by atoms with Crippen LogP contribution in [0.3, 0.4) is 0 Å². The molecule has 0 saturated heterocycles. The molecule has 0 radical (unpaired) electrons. The van der Waals surface area contributed by atoms with E-state index in [4.69, 9.17) is 0 Å². The van der Waals surface area contributed by atoms with Crippen molar-refractivity contribution in [3.05, 3.63) is 41.2 Å². The first kappa shape index (κ1) is 16.2. The van der Waals surface area contributed by atoms with Crippen LogP contribution in [0.15, 0.2) is 35.5 Å². The molecule has 0 amide bonds. The Morgan fingerprint density at radius 2 is 1.95 bits per heavy atom. The van der Waals surface area contributed by atoms with Crippen LogP contribution in [-0.4, -0.2) is 30.0 Å². The lowest BCUT2D eigenvalue weighted by Crippen LogP contribution is -2.27. The van der Waals surface area contributed by atoms with Gasteiger partial charge < -0.3 is 4.90 Å². The molecule has 1 aromatic rings. The molecule has 21 heavy (non-hydrogen) atoms. The van der Waals surface area contributed by atoms with Crippen molar-refractivity contribution in [2.75, 3.05) is 20.1 Å². The normalized spacial score (nSPS) is 18.3. The molecular weight excluding hydrogens is 256 g/mol. The minimum absolute atomic E-state index is 0.407. The maximum absolute atomic E-state index is 4.40. The van der Waals surface area contributed by atoms with Crippen LogP contribution >= 0.6 is 0 Å². The summed E-state index contributed by atoms with van der Waals surface area (Å²) < 4.78 is 0. The van der Waals surface area contributed by atoms with Crippen LogP contribution in [0, 0.1) is 5.41 Å². The third kappa shape index (κ3) is 4.67. The molecule has 0 unspecified atom stereocenters. The van der Waals surface area contributed by atoms with Gasteiger partial charge in [0, 0.05) is 31.4 Å². The van der Waals surface area contributed by atoms with Crippen LogP contribution in [0.1, 0.15) is 52.1 Å². The highest BCUT2D eigenvalue weighted by Gasteiger charge is 2.27. The predicted molar refractivity (Wildman–Crippen MR) is 90.4 cm³/mol. The molecular formula is C19H30N2. The number of hydrogen-bond acceptors (Lipinski definition) is 2. The minimum Gasteiger partial charge on any atom is -0.306 e. The molecule has 0 bridgehead atoms. The largest absolute Gasteiger partial charge is 0.306 e.